The van der Waals surface area contributed by atoms with Crippen molar-refractivity contribution in [2.75, 3.05) is 11.9 Å². The molecule has 0 saturated carbocycles. The van der Waals surface area contributed by atoms with Gasteiger partial charge >= 0.3 is 5.97 Å². The van der Waals surface area contributed by atoms with Crippen molar-refractivity contribution in [3.63, 3.8) is 0 Å². The number of anilines is 1. The molecule has 4 heteroatoms. The molecule has 1 aliphatic rings. The van der Waals surface area contributed by atoms with Crippen molar-refractivity contribution >= 4 is 17.4 Å². The van der Waals surface area contributed by atoms with E-state index in [1.807, 2.05) is 36.4 Å². The first kappa shape index (κ1) is 13.1. The normalized spacial score (nSPS) is 14.0. The summed E-state index contributed by atoms with van der Waals surface area (Å²) in [4.78, 5) is 24.3. The molecule has 0 amide bonds. The van der Waals surface area contributed by atoms with E-state index in [2.05, 4.69) is 5.32 Å². The van der Waals surface area contributed by atoms with E-state index >= 15 is 0 Å². The Labute approximate surface area is 122 Å². The molecule has 0 saturated heterocycles. The zero-order chi connectivity index (χ0) is 14.7. The summed E-state index contributed by atoms with van der Waals surface area (Å²) in [5, 5.41) is 2.98. The first-order valence-electron chi connectivity index (χ1n) is 6.58. The molecule has 0 bridgehead atoms. The van der Waals surface area contributed by atoms with Crippen molar-refractivity contribution in [2.45, 2.75) is 0 Å². The van der Waals surface area contributed by atoms with Gasteiger partial charge in [-0.05, 0) is 12.1 Å². The van der Waals surface area contributed by atoms with Crippen LogP contribution in [0, 0.1) is 0 Å². The third kappa shape index (κ3) is 2.69. The molecule has 1 heterocycles. The number of rotatable bonds is 4. The predicted molar refractivity (Wildman–Crippen MR) is 78.8 cm³/mol. The Morgan fingerprint density at radius 2 is 1.57 bits per heavy atom. The molecule has 2 aromatic rings. The second-order valence-corrected chi connectivity index (χ2v) is 4.62. The van der Waals surface area contributed by atoms with Gasteiger partial charge in [-0.15, -0.1) is 0 Å². The molecule has 0 spiro atoms. The van der Waals surface area contributed by atoms with Gasteiger partial charge in [0.2, 0.25) is 0 Å². The van der Waals surface area contributed by atoms with E-state index in [4.69, 9.17) is 4.74 Å². The van der Waals surface area contributed by atoms with Gasteiger partial charge in [0, 0.05) is 11.3 Å². The molecule has 1 aliphatic heterocycles. The number of nitrogens with one attached hydrogen (secondary N) is 1. The van der Waals surface area contributed by atoms with Gasteiger partial charge in [0.1, 0.15) is 12.3 Å². The van der Waals surface area contributed by atoms with Crippen molar-refractivity contribution in [1.82, 2.24) is 0 Å². The van der Waals surface area contributed by atoms with Gasteiger partial charge in [-0.25, -0.2) is 4.79 Å². The van der Waals surface area contributed by atoms with Gasteiger partial charge < -0.3 is 10.1 Å². The summed E-state index contributed by atoms with van der Waals surface area (Å²) < 4.78 is 5.00. The summed E-state index contributed by atoms with van der Waals surface area (Å²) in [6.07, 6.45) is 0. The highest BCUT2D eigenvalue weighted by atomic mass is 16.5. The molecule has 2 aromatic carbocycles. The van der Waals surface area contributed by atoms with Crippen molar-refractivity contribution in [1.29, 1.82) is 0 Å². The molecule has 0 aliphatic carbocycles. The van der Waals surface area contributed by atoms with E-state index in [0.29, 0.717) is 11.1 Å². The van der Waals surface area contributed by atoms with Crippen LogP contribution in [0.2, 0.25) is 0 Å². The quantitative estimate of drug-likeness (QED) is 0.690. The molecule has 0 aromatic heterocycles. The molecule has 0 fully saturated rings. The predicted octanol–water partition coefficient (Wildman–Crippen LogP) is 2.79. The minimum Gasteiger partial charge on any atom is -0.456 e. The summed E-state index contributed by atoms with van der Waals surface area (Å²) >= 11 is 0. The Morgan fingerprint density at radius 3 is 2.24 bits per heavy atom. The van der Waals surface area contributed by atoms with Crippen LogP contribution in [0.5, 0.6) is 0 Å². The van der Waals surface area contributed by atoms with Gasteiger partial charge in [-0.1, -0.05) is 48.5 Å². The van der Waals surface area contributed by atoms with Gasteiger partial charge in [0.15, 0.2) is 5.78 Å². The number of cyclic esters (lactones) is 1. The molecule has 21 heavy (non-hydrogen) atoms. The molecule has 0 radical (unpaired) electrons. The van der Waals surface area contributed by atoms with E-state index in [0.717, 1.165) is 5.69 Å². The number of hydrogen-bond acceptors (Lipinski definition) is 4. The van der Waals surface area contributed by atoms with Crippen molar-refractivity contribution in [2.24, 2.45) is 0 Å². The first-order chi connectivity index (χ1) is 10.3. The first-order valence-corrected chi connectivity index (χ1v) is 6.58. The number of carbonyl (C=O) groups is 2. The van der Waals surface area contributed by atoms with E-state index < -0.39 is 5.97 Å². The van der Waals surface area contributed by atoms with Gasteiger partial charge in [0.05, 0.1) is 5.57 Å². The lowest BCUT2D eigenvalue weighted by Gasteiger charge is -2.06. The Bertz CT molecular complexity index is 705. The summed E-state index contributed by atoms with van der Waals surface area (Å²) in [5.74, 6) is -0.696. The lowest BCUT2D eigenvalue weighted by Crippen LogP contribution is -2.12. The van der Waals surface area contributed by atoms with Crippen LogP contribution >= 0.6 is 0 Å². The lowest BCUT2D eigenvalue weighted by atomic mass is 10.0. The second-order valence-electron chi connectivity index (χ2n) is 4.62. The van der Waals surface area contributed by atoms with E-state index in [-0.39, 0.29) is 18.1 Å². The Morgan fingerprint density at radius 1 is 0.952 bits per heavy atom. The molecule has 4 nitrogen and oxygen atoms in total. The highest BCUT2D eigenvalue weighted by molar-refractivity contribution is 6.15. The van der Waals surface area contributed by atoms with Crippen LogP contribution in [0.4, 0.5) is 5.69 Å². The molecule has 3 rings (SSSR count). The van der Waals surface area contributed by atoms with Crippen LogP contribution in [0.3, 0.4) is 0 Å². The smallest absolute Gasteiger partial charge is 0.355 e. The monoisotopic (exact) mass is 279 g/mol. The average molecular weight is 279 g/mol. The van der Waals surface area contributed by atoms with E-state index in [1.54, 1.807) is 24.3 Å². The van der Waals surface area contributed by atoms with Crippen molar-refractivity contribution in [3.8, 4) is 0 Å². The standard InChI is InChI=1S/C17H13NO3/c19-16(12-7-3-1-4-8-12)14-11-21-17(20)15(14)18-13-9-5-2-6-10-13/h1-10,18H,11H2. The third-order valence-electron chi connectivity index (χ3n) is 3.21. The fraction of sp³-hybridized carbons (Fsp3) is 0.0588. The highest BCUT2D eigenvalue weighted by Crippen LogP contribution is 2.22. The minimum absolute atomic E-state index is 0.00171. The minimum atomic E-state index is -0.502. The van der Waals surface area contributed by atoms with Crippen molar-refractivity contribution in [3.05, 3.63) is 77.5 Å². The van der Waals surface area contributed by atoms with Gasteiger partial charge in [-0.2, -0.15) is 0 Å². The summed E-state index contributed by atoms with van der Waals surface area (Å²) in [6.45, 7) is 0.00171. The number of ether oxygens (including phenoxy) is 1. The number of esters is 1. The van der Waals surface area contributed by atoms with E-state index in [9.17, 15) is 9.59 Å². The Hall–Kier alpha value is -2.88. The molecule has 0 atom stereocenters. The maximum Gasteiger partial charge on any atom is 0.355 e. The number of para-hydroxylation sites is 1. The number of ketones is 1. The van der Waals surface area contributed by atoms with Crippen molar-refractivity contribution < 1.29 is 14.3 Å². The third-order valence-corrected chi connectivity index (χ3v) is 3.21. The summed E-state index contributed by atoms with van der Waals surface area (Å²) in [5.41, 5.74) is 1.85. The number of benzene rings is 2. The van der Waals surface area contributed by atoms with Gasteiger partial charge in [-0.3, -0.25) is 4.79 Å². The molecule has 104 valence electrons. The fourth-order valence-electron chi connectivity index (χ4n) is 2.14. The zero-order valence-corrected chi connectivity index (χ0v) is 11.2. The number of carbonyl (C=O) groups excluding carboxylic acids is 2. The fourth-order valence-corrected chi connectivity index (χ4v) is 2.14. The van der Waals surface area contributed by atoms with Crippen LogP contribution in [0.25, 0.3) is 0 Å². The Kier molecular flexibility index (Phi) is 3.51. The summed E-state index contributed by atoms with van der Waals surface area (Å²) in [6, 6.07) is 18.1. The van der Waals surface area contributed by atoms with Crippen LogP contribution in [0.1, 0.15) is 10.4 Å². The van der Waals surface area contributed by atoms with Crippen LogP contribution in [0.15, 0.2) is 71.9 Å². The zero-order valence-electron chi connectivity index (χ0n) is 11.2. The number of Topliss-reactive ketones (excluding diaryl/α,β-unsaturated/α-hetero) is 1. The van der Waals surface area contributed by atoms with Crippen LogP contribution in [-0.4, -0.2) is 18.4 Å². The molecule has 0 unspecified atom stereocenters. The maximum absolute atomic E-state index is 12.5. The summed E-state index contributed by atoms with van der Waals surface area (Å²) in [7, 11) is 0. The van der Waals surface area contributed by atoms with Crippen LogP contribution in [-0.2, 0) is 9.53 Å². The molecular formula is C17H13NO3. The van der Waals surface area contributed by atoms with Gasteiger partial charge in [0.25, 0.3) is 0 Å². The molecule has 1 N–H and O–H groups in total. The Balaban J connectivity index is 1.94. The largest absolute Gasteiger partial charge is 0.456 e. The average Bonchev–Trinajstić information content (AvgIpc) is 2.90. The molecular weight excluding hydrogens is 266 g/mol. The maximum atomic E-state index is 12.5. The topological polar surface area (TPSA) is 55.4 Å². The van der Waals surface area contributed by atoms with Crippen LogP contribution < -0.4 is 5.32 Å². The number of hydrogen-bond donors (Lipinski definition) is 1. The SMILES string of the molecule is O=C1OCC(C(=O)c2ccccc2)=C1Nc1ccccc1. The van der Waals surface area contributed by atoms with E-state index in [1.165, 1.54) is 0 Å². The lowest BCUT2D eigenvalue weighted by molar-refractivity contribution is -0.135. The second kappa shape index (κ2) is 5.63. The highest BCUT2D eigenvalue weighted by Gasteiger charge is 2.30.